The zero-order valence-electron chi connectivity index (χ0n) is 37.1. The SMILES string of the molecule is N#C/C(=C\c1cccc(Br)n1)C(=O)NC1(c2ccc(C#CC3(O)COC3)cc2)CCCC1.N#CCC(=O)CC1(c2ccc(C#CC3(O)COC3)cc2)CCCC1.O=Cc1cccc(Br)n1.[CH2-]I.[V]. The molecule has 2 aromatic heterocycles. The van der Waals surface area contributed by atoms with Crippen LogP contribution >= 0.6 is 54.5 Å². The Balaban J connectivity index is 0.000000246. The first-order valence-corrected chi connectivity index (χ1v) is 24.6. The second kappa shape index (κ2) is 27.0. The van der Waals surface area contributed by atoms with E-state index in [0.29, 0.717) is 33.3 Å². The van der Waals surface area contributed by atoms with Crippen LogP contribution in [-0.4, -0.2) is 75.8 Å². The van der Waals surface area contributed by atoms with Crippen LogP contribution in [-0.2, 0) is 48.6 Å². The van der Waals surface area contributed by atoms with E-state index in [1.165, 1.54) is 6.08 Å². The molecule has 351 valence electrons. The monoisotopic (exact) mass is 1190 g/mol. The molecule has 2 aliphatic carbocycles. The summed E-state index contributed by atoms with van der Waals surface area (Å²) in [5.41, 5.74) is 2.06. The second-order valence-electron chi connectivity index (χ2n) is 16.5. The fourth-order valence-corrected chi connectivity index (χ4v) is 8.79. The van der Waals surface area contributed by atoms with Gasteiger partial charge in [-0.25, -0.2) is 9.97 Å². The molecule has 4 heterocycles. The maximum atomic E-state index is 13.0. The zero-order chi connectivity index (χ0) is 48.3. The van der Waals surface area contributed by atoms with Crippen LogP contribution < -0.4 is 5.32 Å². The van der Waals surface area contributed by atoms with Gasteiger partial charge in [0.1, 0.15) is 32.3 Å². The van der Waals surface area contributed by atoms with Gasteiger partial charge in [-0.3, -0.25) is 19.3 Å². The molecule has 4 fully saturated rings. The topological polar surface area (TPSA) is 196 Å². The average Bonchev–Trinajstić information content (AvgIpc) is 4.01. The minimum atomic E-state index is -1.05. The number of nitrogens with one attached hydrogen (secondary N) is 1. The Morgan fingerprint density at radius 2 is 1.21 bits per heavy atom. The smallest absolute Gasteiger partial charge is 0.262 e. The van der Waals surface area contributed by atoms with Crippen LogP contribution in [0.5, 0.6) is 0 Å². The number of nitrogens with zero attached hydrogens (tertiary/aromatic N) is 4. The standard InChI is InChI=1S/C25H22BrN3O3.C20H21NO3.C6H4BrNO.CH2I.V/c26-22-5-3-4-21(28-22)14-19(15-27)23(30)29-25(11-1-2-12-25)20-8-6-18(7-9-20)10-13-24(31)16-32-17-24;21-12-8-18(22)13-19(9-1-2-10-19)17-5-3-16(4-6-17)7-11-20(23)14-24-15-20;7-6-3-1-2-5(4-9)8-6;1-2;/h3-9,14,31H,1-2,11-12,16-17H2,(H,29,30);3-6,23H,1-2,8-10,13-15H2;1-4H;1H2;/q;;;-1;/b19-14+;;;;. The third kappa shape index (κ3) is 16.0. The number of aldehydes is 1. The first-order valence-electron chi connectivity index (χ1n) is 21.5. The Kier molecular flexibility index (Phi) is 22.3. The normalized spacial score (nSPS) is 17.2. The Bertz CT molecular complexity index is 2610. The molecule has 2 saturated carbocycles. The van der Waals surface area contributed by atoms with E-state index in [4.69, 9.17) is 14.7 Å². The molecule has 0 unspecified atom stereocenters. The Morgan fingerprint density at radius 3 is 1.63 bits per heavy atom. The molecule has 12 nitrogen and oxygen atoms in total. The van der Waals surface area contributed by atoms with Gasteiger partial charge in [0, 0.05) is 41.5 Å². The van der Waals surface area contributed by atoms with Gasteiger partial charge in [0.15, 0.2) is 17.5 Å². The Morgan fingerprint density at radius 1 is 0.735 bits per heavy atom. The van der Waals surface area contributed by atoms with Crippen molar-refractivity contribution in [3.63, 3.8) is 0 Å². The van der Waals surface area contributed by atoms with E-state index in [9.17, 15) is 29.9 Å². The first kappa shape index (κ1) is 56.1. The molecule has 0 bridgehead atoms. The third-order valence-electron chi connectivity index (χ3n) is 11.6. The average molecular weight is 1190 g/mol. The zero-order valence-corrected chi connectivity index (χ0v) is 43.9. The van der Waals surface area contributed by atoms with Gasteiger partial charge >= 0.3 is 0 Å². The number of halogens is 3. The minimum Gasteiger partial charge on any atom is -0.373 e. The van der Waals surface area contributed by atoms with E-state index in [1.54, 1.807) is 36.4 Å². The van der Waals surface area contributed by atoms with Crippen molar-refractivity contribution in [3.8, 4) is 35.8 Å². The molecule has 68 heavy (non-hydrogen) atoms. The number of nitriles is 2. The van der Waals surface area contributed by atoms with Crippen molar-refractivity contribution >= 4 is 78.5 Å². The summed E-state index contributed by atoms with van der Waals surface area (Å²) in [6.07, 6.45) is 10.5. The number of rotatable bonds is 9. The van der Waals surface area contributed by atoms with E-state index in [1.807, 2.05) is 83.3 Å². The summed E-state index contributed by atoms with van der Waals surface area (Å²) in [5.74, 6) is 11.3. The van der Waals surface area contributed by atoms with Gasteiger partial charge in [0.2, 0.25) is 0 Å². The molecule has 2 aromatic carbocycles. The number of ether oxygens (including phenoxy) is 2. The van der Waals surface area contributed by atoms with Gasteiger partial charge in [0.05, 0.1) is 50.2 Å². The van der Waals surface area contributed by atoms with Crippen LogP contribution in [0.3, 0.4) is 0 Å². The number of aliphatic hydroxyl groups is 2. The number of hydrogen-bond acceptors (Lipinski definition) is 11. The van der Waals surface area contributed by atoms with Crippen molar-refractivity contribution in [3.05, 3.63) is 138 Å². The fourth-order valence-electron chi connectivity index (χ4n) is 8.08. The van der Waals surface area contributed by atoms with E-state index in [0.717, 1.165) is 73.6 Å². The maximum Gasteiger partial charge on any atom is 0.262 e. The van der Waals surface area contributed by atoms with Gasteiger partial charge < -0.3 is 47.6 Å². The van der Waals surface area contributed by atoms with E-state index in [2.05, 4.69) is 75.8 Å². The molecule has 16 heteroatoms. The van der Waals surface area contributed by atoms with E-state index >= 15 is 0 Å². The molecule has 4 aromatic rings. The second-order valence-corrected chi connectivity index (χ2v) is 18.2. The number of aromatic nitrogens is 2. The van der Waals surface area contributed by atoms with Crippen LogP contribution in [0, 0.1) is 51.3 Å². The number of amides is 1. The van der Waals surface area contributed by atoms with Crippen LogP contribution in [0.15, 0.2) is 99.7 Å². The summed E-state index contributed by atoms with van der Waals surface area (Å²) in [7, 11) is 0. The number of ketones is 1. The molecule has 0 spiro atoms. The van der Waals surface area contributed by atoms with Gasteiger partial charge in [0.25, 0.3) is 5.91 Å². The summed E-state index contributed by atoms with van der Waals surface area (Å²) in [6.45, 7) is 0.999. The molecule has 1 amide bonds. The number of carbonyl (C=O) groups is 3. The number of pyridine rings is 2. The molecular weight excluding hydrogens is 1140 g/mol. The molecule has 4 aliphatic rings. The summed E-state index contributed by atoms with van der Waals surface area (Å²) in [4.78, 5) is 46.4. The maximum absolute atomic E-state index is 13.0. The summed E-state index contributed by atoms with van der Waals surface area (Å²) in [6, 6.07) is 30.1. The summed E-state index contributed by atoms with van der Waals surface area (Å²) < 4.78 is 11.3. The number of carbonyl (C=O) groups excluding carboxylic acids is 3. The largest absolute Gasteiger partial charge is 0.373 e. The number of benzene rings is 2. The Labute approximate surface area is 440 Å². The molecular formula is C52H49Br2IN5O7V-. The molecule has 2 saturated heterocycles. The van der Waals surface area contributed by atoms with Crippen molar-refractivity contribution in [2.24, 2.45) is 0 Å². The van der Waals surface area contributed by atoms with Crippen LogP contribution in [0.2, 0.25) is 0 Å². The van der Waals surface area contributed by atoms with Gasteiger partial charge in [-0.05, 0) is 123 Å². The van der Waals surface area contributed by atoms with Crippen LogP contribution in [0.4, 0.5) is 0 Å². The van der Waals surface area contributed by atoms with Crippen LogP contribution in [0.25, 0.3) is 6.08 Å². The molecule has 1 radical (unpaired) electrons. The molecule has 0 atom stereocenters. The van der Waals surface area contributed by atoms with Crippen molar-refractivity contribution in [1.29, 1.82) is 10.5 Å². The van der Waals surface area contributed by atoms with Crippen molar-refractivity contribution < 1.29 is 52.6 Å². The Hall–Kier alpha value is -4.50. The van der Waals surface area contributed by atoms with Crippen molar-refractivity contribution in [2.45, 2.75) is 86.4 Å². The van der Waals surface area contributed by atoms with E-state index in [-0.39, 0.29) is 68.2 Å². The van der Waals surface area contributed by atoms with E-state index < -0.39 is 22.6 Å². The molecule has 8 rings (SSSR count). The van der Waals surface area contributed by atoms with Gasteiger partial charge in [-0.2, -0.15) is 10.5 Å². The number of hydrogen-bond donors (Lipinski definition) is 3. The predicted molar refractivity (Wildman–Crippen MR) is 269 cm³/mol. The van der Waals surface area contributed by atoms with Crippen LogP contribution in [0.1, 0.15) is 103 Å². The van der Waals surface area contributed by atoms with Gasteiger partial charge in [-0.15, -0.1) is 0 Å². The summed E-state index contributed by atoms with van der Waals surface area (Å²) >= 11 is 8.34. The molecule has 2 aliphatic heterocycles. The minimum absolute atomic E-state index is 0. The fraction of sp³-hybridized carbons (Fsp3) is 0.346. The summed E-state index contributed by atoms with van der Waals surface area (Å²) in [5, 5.41) is 41.4. The number of Topliss-reactive ketones (excluding diaryl/α,β-unsaturated/α-hetero) is 1. The van der Waals surface area contributed by atoms with Gasteiger partial charge in [-0.1, -0.05) is 85.8 Å². The predicted octanol–water partition coefficient (Wildman–Crippen LogP) is 8.80. The first-order chi connectivity index (χ1) is 32.3. The molecule has 3 N–H and O–H groups in total. The van der Waals surface area contributed by atoms with Crippen molar-refractivity contribution in [2.75, 3.05) is 26.4 Å². The van der Waals surface area contributed by atoms with Crippen molar-refractivity contribution in [1.82, 2.24) is 15.3 Å². The quantitative estimate of drug-likeness (QED) is 0.0276. The third-order valence-corrected chi connectivity index (χ3v) is 12.5.